The summed E-state index contributed by atoms with van der Waals surface area (Å²) in [6.45, 7) is 6.21. The van der Waals surface area contributed by atoms with Crippen molar-refractivity contribution in [2.45, 2.75) is 32.7 Å². The smallest absolute Gasteiger partial charge is 0.268 e. The summed E-state index contributed by atoms with van der Waals surface area (Å²) in [6, 6.07) is -0.0174. The summed E-state index contributed by atoms with van der Waals surface area (Å²) in [6.07, 6.45) is 2.90. The molecule has 1 atom stereocenters. The lowest BCUT2D eigenvalue weighted by atomic mass is 10.2. The zero-order valence-corrected chi connectivity index (χ0v) is 12.4. The zero-order chi connectivity index (χ0) is 14.7. The highest BCUT2D eigenvalue weighted by atomic mass is 32.1. The fraction of sp³-hybridized carbons (Fsp3) is 0.385. The molecule has 7 heteroatoms. The lowest BCUT2D eigenvalue weighted by molar-refractivity contribution is 0.0995. The van der Waals surface area contributed by atoms with Gasteiger partial charge in [-0.15, -0.1) is 11.3 Å². The summed E-state index contributed by atoms with van der Waals surface area (Å²) < 4.78 is 0. The number of hydrogen-bond donors (Lipinski definition) is 2. The minimum atomic E-state index is -0.593. The summed E-state index contributed by atoms with van der Waals surface area (Å²) >= 11 is 1.64. The summed E-state index contributed by atoms with van der Waals surface area (Å²) in [4.78, 5) is 23.7. The quantitative estimate of drug-likeness (QED) is 0.881. The minimum absolute atomic E-state index is 0.0174. The van der Waals surface area contributed by atoms with Crippen molar-refractivity contribution in [3.05, 3.63) is 34.2 Å². The summed E-state index contributed by atoms with van der Waals surface area (Å²) in [7, 11) is 0. The maximum absolute atomic E-state index is 11.1. The topological polar surface area (TPSA) is 93.8 Å². The van der Waals surface area contributed by atoms with Crippen LogP contribution in [0.4, 0.5) is 5.82 Å². The van der Waals surface area contributed by atoms with Crippen molar-refractivity contribution in [2.24, 2.45) is 5.73 Å². The van der Waals surface area contributed by atoms with E-state index in [0.29, 0.717) is 11.7 Å². The van der Waals surface area contributed by atoms with Gasteiger partial charge in [-0.1, -0.05) is 13.8 Å². The Labute approximate surface area is 121 Å². The first kappa shape index (κ1) is 14.4. The van der Waals surface area contributed by atoms with Gasteiger partial charge in [0.15, 0.2) is 0 Å². The van der Waals surface area contributed by atoms with Crippen molar-refractivity contribution in [3.63, 3.8) is 0 Å². The van der Waals surface area contributed by atoms with Crippen LogP contribution in [0.1, 0.15) is 53.9 Å². The van der Waals surface area contributed by atoms with Crippen LogP contribution in [0.2, 0.25) is 0 Å². The van der Waals surface area contributed by atoms with Gasteiger partial charge in [-0.2, -0.15) is 0 Å². The summed E-state index contributed by atoms with van der Waals surface area (Å²) in [5.74, 6) is 0.330. The van der Waals surface area contributed by atoms with Crippen LogP contribution in [-0.2, 0) is 0 Å². The van der Waals surface area contributed by atoms with E-state index in [1.165, 1.54) is 6.20 Å². The number of anilines is 1. The molecule has 0 aromatic carbocycles. The van der Waals surface area contributed by atoms with Gasteiger partial charge in [0, 0.05) is 11.3 Å². The molecule has 0 saturated heterocycles. The van der Waals surface area contributed by atoms with E-state index in [2.05, 4.69) is 34.1 Å². The number of thiazole rings is 1. The molecular formula is C13H17N5OS. The monoisotopic (exact) mass is 291 g/mol. The first-order valence-electron chi connectivity index (χ1n) is 6.31. The maximum Gasteiger partial charge on any atom is 0.268 e. The van der Waals surface area contributed by atoms with Gasteiger partial charge in [-0.05, 0) is 6.92 Å². The van der Waals surface area contributed by atoms with Crippen molar-refractivity contribution >= 4 is 23.1 Å². The van der Waals surface area contributed by atoms with E-state index in [4.69, 9.17) is 5.73 Å². The first-order chi connectivity index (χ1) is 9.47. The van der Waals surface area contributed by atoms with Crippen LogP contribution >= 0.6 is 11.3 Å². The number of primary amides is 1. The van der Waals surface area contributed by atoms with E-state index in [1.807, 2.05) is 12.3 Å². The number of rotatable bonds is 5. The van der Waals surface area contributed by atoms with Crippen LogP contribution in [0, 0.1) is 0 Å². The van der Waals surface area contributed by atoms with E-state index >= 15 is 0 Å². The SMILES string of the molecule is CC(C)c1nc(C(C)Nc2cncc(C(N)=O)n2)cs1. The number of nitrogens with zero attached hydrogens (tertiary/aromatic N) is 3. The molecule has 6 nitrogen and oxygen atoms in total. The average Bonchev–Trinajstić information content (AvgIpc) is 2.88. The Morgan fingerprint density at radius 3 is 2.65 bits per heavy atom. The molecule has 0 spiro atoms. The van der Waals surface area contributed by atoms with Gasteiger partial charge in [0.25, 0.3) is 5.91 Å². The molecule has 0 aliphatic carbocycles. The van der Waals surface area contributed by atoms with Crippen LogP contribution in [0.3, 0.4) is 0 Å². The Balaban J connectivity index is 2.12. The number of amides is 1. The largest absolute Gasteiger partial charge is 0.364 e. The Morgan fingerprint density at radius 1 is 1.30 bits per heavy atom. The maximum atomic E-state index is 11.1. The zero-order valence-electron chi connectivity index (χ0n) is 11.6. The molecule has 20 heavy (non-hydrogen) atoms. The molecule has 2 aromatic heterocycles. The van der Waals surface area contributed by atoms with Crippen molar-refractivity contribution in [2.75, 3.05) is 5.32 Å². The molecule has 1 unspecified atom stereocenters. The van der Waals surface area contributed by atoms with Gasteiger partial charge in [-0.3, -0.25) is 9.78 Å². The lowest BCUT2D eigenvalue weighted by Crippen LogP contribution is -2.15. The van der Waals surface area contributed by atoms with Gasteiger partial charge in [0.05, 0.1) is 29.1 Å². The standard InChI is InChI=1S/C13H17N5OS/c1-7(2)13-18-10(6-20-13)8(3)16-11-5-15-4-9(17-11)12(14)19/h4-8H,1-3H3,(H2,14,19)(H,16,17). The normalized spacial score (nSPS) is 12.4. The molecule has 3 N–H and O–H groups in total. The Morgan fingerprint density at radius 2 is 2.05 bits per heavy atom. The molecular weight excluding hydrogens is 274 g/mol. The second-order valence-corrected chi connectivity index (χ2v) is 5.67. The van der Waals surface area contributed by atoms with Crippen LogP contribution in [0.25, 0.3) is 0 Å². The summed E-state index contributed by atoms with van der Waals surface area (Å²) in [5.41, 5.74) is 6.27. The molecule has 0 saturated carbocycles. The Bertz CT molecular complexity index is 610. The Hall–Kier alpha value is -2.02. The third-order valence-electron chi connectivity index (χ3n) is 2.73. The highest BCUT2D eigenvalue weighted by molar-refractivity contribution is 7.09. The molecule has 0 radical (unpaired) electrons. The number of hydrogen-bond acceptors (Lipinski definition) is 6. The third kappa shape index (κ3) is 3.30. The van der Waals surface area contributed by atoms with Gasteiger partial charge in [0.2, 0.25) is 0 Å². The fourth-order valence-electron chi connectivity index (χ4n) is 1.61. The summed E-state index contributed by atoms with van der Waals surface area (Å²) in [5, 5.41) is 6.30. The average molecular weight is 291 g/mol. The second kappa shape index (κ2) is 5.96. The number of nitrogens with one attached hydrogen (secondary N) is 1. The number of aromatic nitrogens is 3. The van der Waals surface area contributed by atoms with Crippen LogP contribution in [0.15, 0.2) is 17.8 Å². The van der Waals surface area contributed by atoms with Gasteiger partial charge in [0.1, 0.15) is 11.5 Å². The molecule has 106 valence electrons. The fourth-order valence-corrected chi connectivity index (χ4v) is 2.54. The van der Waals surface area contributed by atoms with Gasteiger partial charge in [-0.25, -0.2) is 9.97 Å². The van der Waals surface area contributed by atoms with Crippen LogP contribution in [-0.4, -0.2) is 20.9 Å². The minimum Gasteiger partial charge on any atom is -0.364 e. The van der Waals surface area contributed by atoms with Gasteiger partial charge < -0.3 is 11.1 Å². The predicted octanol–water partition coefficient (Wildman–Crippen LogP) is 2.33. The van der Waals surface area contributed by atoms with Crippen LogP contribution < -0.4 is 11.1 Å². The van der Waals surface area contributed by atoms with E-state index in [0.717, 1.165) is 10.7 Å². The van der Waals surface area contributed by atoms with Gasteiger partial charge >= 0.3 is 0 Å². The Kier molecular flexibility index (Phi) is 4.29. The van der Waals surface area contributed by atoms with Crippen molar-refractivity contribution in [1.29, 1.82) is 0 Å². The lowest BCUT2D eigenvalue weighted by Gasteiger charge is -2.12. The molecule has 0 bridgehead atoms. The number of carbonyl (C=O) groups excluding carboxylic acids is 1. The molecule has 0 aliphatic rings. The molecule has 0 aliphatic heterocycles. The van der Waals surface area contributed by atoms with E-state index < -0.39 is 5.91 Å². The van der Waals surface area contributed by atoms with E-state index in [9.17, 15) is 4.79 Å². The second-order valence-electron chi connectivity index (χ2n) is 4.79. The molecule has 1 amide bonds. The molecule has 2 rings (SSSR count). The van der Waals surface area contributed by atoms with E-state index in [-0.39, 0.29) is 11.7 Å². The van der Waals surface area contributed by atoms with Crippen molar-refractivity contribution in [3.8, 4) is 0 Å². The number of carbonyl (C=O) groups is 1. The van der Waals surface area contributed by atoms with Crippen molar-refractivity contribution < 1.29 is 4.79 Å². The van der Waals surface area contributed by atoms with Crippen LogP contribution in [0.5, 0.6) is 0 Å². The molecule has 2 aromatic rings. The van der Waals surface area contributed by atoms with Crippen molar-refractivity contribution in [1.82, 2.24) is 15.0 Å². The molecule has 2 heterocycles. The van der Waals surface area contributed by atoms with E-state index in [1.54, 1.807) is 17.5 Å². The predicted molar refractivity (Wildman–Crippen MR) is 78.8 cm³/mol. The first-order valence-corrected chi connectivity index (χ1v) is 7.19. The highest BCUT2D eigenvalue weighted by Gasteiger charge is 2.13. The molecule has 0 fully saturated rings. The number of nitrogens with two attached hydrogens (primary N) is 1. The highest BCUT2D eigenvalue weighted by Crippen LogP contribution is 2.24. The third-order valence-corrected chi connectivity index (χ3v) is 3.89.